The van der Waals surface area contributed by atoms with Gasteiger partial charge in [-0.25, -0.2) is 9.98 Å². The predicted molar refractivity (Wildman–Crippen MR) is 104 cm³/mol. The highest BCUT2D eigenvalue weighted by Crippen LogP contribution is 2.13. The smallest absolute Gasteiger partial charge is 0.191 e. The van der Waals surface area contributed by atoms with Crippen molar-refractivity contribution in [2.24, 2.45) is 4.99 Å². The molecular formula is C18H22N4OS2. The lowest BCUT2D eigenvalue weighted by atomic mass is 10.3. The normalized spacial score (nSPS) is 11.6. The van der Waals surface area contributed by atoms with Crippen LogP contribution in [0.4, 0.5) is 0 Å². The minimum Gasteiger partial charge on any atom is -0.469 e. The van der Waals surface area contributed by atoms with E-state index < -0.39 is 0 Å². The molecule has 0 aliphatic carbocycles. The van der Waals surface area contributed by atoms with Gasteiger partial charge in [0.1, 0.15) is 10.8 Å². The van der Waals surface area contributed by atoms with Gasteiger partial charge in [-0.05, 0) is 30.0 Å². The van der Waals surface area contributed by atoms with Crippen LogP contribution < -0.4 is 10.6 Å². The first-order valence-corrected chi connectivity index (χ1v) is 10.0. The molecule has 3 aromatic heterocycles. The van der Waals surface area contributed by atoms with Crippen molar-refractivity contribution >= 4 is 28.6 Å². The van der Waals surface area contributed by atoms with Gasteiger partial charge in [0.2, 0.25) is 0 Å². The maximum atomic E-state index is 5.37. The number of thiazole rings is 1. The van der Waals surface area contributed by atoms with Gasteiger partial charge in [0.25, 0.3) is 0 Å². The number of aromatic nitrogens is 1. The van der Waals surface area contributed by atoms with Crippen LogP contribution >= 0.6 is 22.7 Å². The zero-order valence-electron chi connectivity index (χ0n) is 14.2. The van der Waals surface area contributed by atoms with Crippen molar-refractivity contribution in [3.8, 4) is 0 Å². The summed E-state index contributed by atoms with van der Waals surface area (Å²) < 4.78 is 5.37. The van der Waals surface area contributed by atoms with Crippen LogP contribution in [0.15, 0.2) is 51.5 Å². The van der Waals surface area contributed by atoms with Crippen molar-refractivity contribution in [2.45, 2.75) is 32.9 Å². The largest absolute Gasteiger partial charge is 0.469 e. The molecule has 0 aliphatic heterocycles. The maximum Gasteiger partial charge on any atom is 0.191 e. The Morgan fingerprint density at radius 3 is 2.92 bits per heavy atom. The van der Waals surface area contributed by atoms with Gasteiger partial charge in [-0.3, -0.25) is 0 Å². The van der Waals surface area contributed by atoms with E-state index in [1.54, 1.807) is 28.9 Å². The molecule has 0 saturated carbocycles. The van der Waals surface area contributed by atoms with Gasteiger partial charge in [-0.15, -0.1) is 22.7 Å². The summed E-state index contributed by atoms with van der Waals surface area (Å²) in [6.07, 6.45) is 5.50. The molecule has 0 aromatic carbocycles. The molecule has 0 aliphatic rings. The van der Waals surface area contributed by atoms with Crippen molar-refractivity contribution < 1.29 is 4.42 Å². The van der Waals surface area contributed by atoms with Gasteiger partial charge in [-0.1, -0.05) is 13.0 Å². The monoisotopic (exact) mass is 374 g/mol. The molecule has 3 aromatic rings. The third-order valence-electron chi connectivity index (χ3n) is 3.57. The summed E-state index contributed by atoms with van der Waals surface area (Å²) in [5, 5.41) is 9.90. The second-order valence-electron chi connectivity index (χ2n) is 5.43. The van der Waals surface area contributed by atoms with E-state index >= 15 is 0 Å². The zero-order chi connectivity index (χ0) is 17.3. The van der Waals surface area contributed by atoms with Crippen LogP contribution in [-0.4, -0.2) is 17.5 Å². The molecule has 5 nitrogen and oxygen atoms in total. The Morgan fingerprint density at radius 2 is 2.20 bits per heavy atom. The van der Waals surface area contributed by atoms with Gasteiger partial charge >= 0.3 is 0 Å². The fraction of sp³-hybridized carbons (Fsp3) is 0.333. The number of thiophene rings is 1. The standard InChI is InChI=1S/C18H22N4OS2/c1-2-15-11-20-17(25-15)13-22-18(21-12-16-6-4-10-24-16)19-8-7-14-5-3-9-23-14/h3-6,9-11H,2,7-8,12-13H2,1H3,(H2,19,21,22). The topological polar surface area (TPSA) is 62.5 Å². The third kappa shape index (κ3) is 5.72. The molecule has 0 unspecified atom stereocenters. The van der Waals surface area contributed by atoms with E-state index in [9.17, 15) is 0 Å². The lowest BCUT2D eigenvalue weighted by Gasteiger charge is -2.11. The molecule has 7 heteroatoms. The molecule has 3 rings (SSSR count). The number of guanidine groups is 1. The first-order chi connectivity index (χ1) is 12.3. The maximum absolute atomic E-state index is 5.37. The molecule has 2 N–H and O–H groups in total. The SMILES string of the molecule is CCc1cnc(CNC(=NCc2cccs2)NCCc2ccco2)s1. The van der Waals surface area contributed by atoms with Gasteiger partial charge in [0.15, 0.2) is 5.96 Å². The first kappa shape index (κ1) is 17.7. The lowest BCUT2D eigenvalue weighted by Crippen LogP contribution is -2.38. The van der Waals surface area contributed by atoms with E-state index in [0.717, 1.165) is 36.1 Å². The minimum atomic E-state index is 0.672. The second kappa shape index (κ2) is 9.39. The minimum absolute atomic E-state index is 0.672. The molecule has 132 valence electrons. The second-order valence-corrected chi connectivity index (χ2v) is 7.66. The number of aryl methyl sites for hydroxylation is 1. The highest BCUT2D eigenvalue weighted by Gasteiger charge is 2.04. The summed E-state index contributed by atoms with van der Waals surface area (Å²) >= 11 is 3.46. The van der Waals surface area contributed by atoms with Gasteiger partial charge < -0.3 is 15.1 Å². The van der Waals surface area contributed by atoms with Crippen LogP contribution in [0.3, 0.4) is 0 Å². The van der Waals surface area contributed by atoms with Crippen LogP contribution in [0.25, 0.3) is 0 Å². The fourth-order valence-corrected chi connectivity index (χ4v) is 3.68. The highest BCUT2D eigenvalue weighted by atomic mass is 32.1. The van der Waals surface area contributed by atoms with Crippen molar-refractivity contribution in [3.05, 3.63) is 62.6 Å². The number of nitrogens with zero attached hydrogens (tertiary/aromatic N) is 2. The molecule has 0 bridgehead atoms. The Bertz CT molecular complexity index is 763. The molecule has 0 atom stereocenters. The van der Waals surface area contributed by atoms with E-state index in [1.807, 2.05) is 18.3 Å². The number of rotatable bonds is 8. The first-order valence-electron chi connectivity index (χ1n) is 8.34. The van der Waals surface area contributed by atoms with E-state index in [2.05, 4.69) is 45.0 Å². The summed E-state index contributed by atoms with van der Waals surface area (Å²) in [5.41, 5.74) is 0. The Hall–Kier alpha value is -2.12. The van der Waals surface area contributed by atoms with E-state index in [4.69, 9.17) is 4.42 Å². The number of furan rings is 1. The highest BCUT2D eigenvalue weighted by molar-refractivity contribution is 7.11. The van der Waals surface area contributed by atoms with E-state index in [-0.39, 0.29) is 0 Å². The summed E-state index contributed by atoms with van der Waals surface area (Å²) in [7, 11) is 0. The average molecular weight is 375 g/mol. The number of hydrogen-bond donors (Lipinski definition) is 2. The fourth-order valence-electron chi connectivity index (χ4n) is 2.25. The van der Waals surface area contributed by atoms with Crippen LogP contribution in [0.5, 0.6) is 0 Å². The predicted octanol–water partition coefficient (Wildman–Crippen LogP) is 3.84. The van der Waals surface area contributed by atoms with Gasteiger partial charge in [-0.2, -0.15) is 0 Å². The van der Waals surface area contributed by atoms with Crippen molar-refractivity contribution in [3.63, 3.8) is 0 Å². The van der Waals surface area contributed by atoms with Gasteiger partial charge in [0, 0.05) is 28.9 Å². The number of aliphatic imine (C=N–C) groups is 1. The van der Waals surface area contributed by atoms with Crippen LogP contribution in [-0.2, 0) is 25.9 Å². The average Bonchev–Trinajstić information content (AvgIpc) is 3.39. The van der Waals surface area contributed by atoms with Crippen molar-refractivity contribution in [2.75, 3.05) is 6.54 Å². The molecular weight excluding hydrogens is 352 g/mol. The summed E-state index contributed by atoms with van der Waals surface area (Å²) in [6.45, 7) is 4.27. The summed E-state index contributed by atoms with van der Waals surface area (Å²) in [4.78, 5) is 11.7. The quantitative estimate of drug-likeness (QED) is 0.464. The summed E-state index contributed by atoms with van der Waals surface area (Å²) in [6, 6.07) is 8.05. The van der Waals surface area contributed by atoms with Crippen LogP contribution in [0, 0.1) is 0 Å². The number of hydrogen-bond acceptors (Lipinski definition) is 5. The molecule has 0 radical (unpaired) electrons. The van der Waals surface area contributed by atoms with Crippen molar-refractivity contribution in [1.29, 1.82) is 0 Å². The Labute approximate surface area is 155 Å². The molecule has 0 amide bonds. The number of nitrogens with one attached hydrogen (secondary N) is 2. The van der Waals surface area contributed by atoms with Crippen LogP contribution in [0.1, 0.15) is 27.4 Å². The summed E-state index contributed by atoms with van der Waals surface area (Å²) in [5.74, 6) is 1.77. The lowest BCUT2D eigenvalue weighted by molar-refractivity contribution is 0.506. The molecule has 0 fully saturated rings. The Morgan fingerprint density at radius 1 is 1.24 bits per heavy atom. The molecule has 0 saturated heterocycles. The Kier molecular flexibility index (Phi) is 6.64. The van der Waals surface area contributed by atoms with E-state index in [0.29, 0.717) is 13.1 Å². The zero-order valence-corrected chi connectivity index (χ0v) is 15.8. The molecule has 3 heterocycles. The van der Waals surface area contributed by atoms with Crippen LogP contribution in [0.2, 0.25) is 0 Å². The Balaban J connectivity index is 1.55. The third-order valence-corrected chi connectivity index (χ3v) is 5.58. The molecule has 25 heavy (non-hydrogen) atoms. The van der Waals surface area contributed by atoms with E-state index in [1.165, 1.54) is 9.75 Å². The van der Waals surface area contributed by atoms with Crippen molar-refractivity contribution in [1.82, 2.24) is 15.6 Å². The molecule has 0 spiro atoms. The van der Waals surface area contributed by atoms with Gasteiger partial charge in [0.05, 0.1) is 19.4 Å².